The highest BCUT2D eigenvalue weighted by atomic mass is 15.1. The van der Waals surface area contributed by atoms with E-state index in [1.54, 1.807) is 0 Å². The maximum absolute atomic E-state index is 2.53. The Morgan fingerprint density at radius 3 is 1.45 bits per heavy atom. The zero-order chi connectivity index (χ0) is 48.3. The van der Waals surface area contributed by atoms with E-state index < -0.39 is 10.8 Å². The Kier molecular flexibility index (Phi) is 7.90. The first kappa shape index (κ1) is 40.1. The summed E-state index contributed by atoms with van der Waals surface area (Å²) in [7, 11) is 0. The molecule has 17 rings (SSSR count). The van der Waals surface area contributed by atoms with Crippen molar-refractivity contribution in [3.8, 4) is 50.2 Å². The SMILES string of the molecule is c1ccc2c(c1)-c1ccccc1C21c2ccccc2-c2ccc(N(c3ccc(-c4cccc5ccccc45)cc3)c3ccc4c(c3)-c3ccccc3C43c4ccccc4-n4c5ccccc5c5cccc3c54)cc21. The average molecular weight is 937 g/mol. The second kappa shape index (κ2) is 14.6. The van der Waals surface area contributed by atoms with Gasteiger partial charge in [-0.1, -0.05) is 218 Å². The van der Waals surface area contributed by atoms with Crippen molar-refractivity contribution in [1.82, 2.24) is 4.57 Å². The monoisotopic (exact) mass is 936 g/mol. The van der Waals surface area contributed by atoms with Gasteiger partial charge in [-0.15, -0.1) is 0 Å². The number of rotatable bonds is 4. The van der Waals surface area contributed by atoms with Crippen molar-refractivity contribution >= 4 is 49.6 Å². The highest BCUT2D eigenvalue weighted by Gasteiger charge is 2.53. The van der Waals surface area contributed by atoms with E-state index in [9.17, 15) is 0 Å². The highest BCUT2D eigenvalue weighted by Crippen LogP contribution is 2.65. The van der Waals surface area contributed by atoms with E-state index in [1.807, 2.05) is 0 Å². The molecule has 13 aromatic rings. The Morgan fingerprint density at radius 2 is 0.730 bits per heavy atom. The normalized spacial score (nSPS) is 15.5. The molecular weight excluding hydrogens is 893 g/mol. The number of benzene rings is 12. The fraction of sp³-hybridized carbons (Fsp3) is 0.0278. The summed E-state index contributed by atoms with van der Waals surface area (Å²) in [5.74, 6) is 0. The Labute approximate surface area is 429 Å². The van der Waals surface area contributed by atoms with Crippen LogP contribution in [0, 0.1) is 0 Å². The molecule has 74 heavy (non-hydrogen) atoms. The molecule has 3 aliphatic carbocycles. The molecule has 1 aromatic heterocycles. The zero-order valence-electron chi connectivity index (χ0n) is 40.3. The lowest BCUT2D eigenvalue weighted by Gasteiger charge is -2.39. The molecule has 2 spiro atoms. The molecule has 1 unspecified atom stereocenters. The molecule has 0 saturated heterocycles. The topological polar surface area (TPSA) is 8.17 Å². The number of aromatic nitrogens is 1. The predicted octanol–water partition coefficient (Wildman–Crippen LogP) is 18.1. The van der Waals surface area contributed by atoms with Crippen LogP contribution in [0.15, 0.2) is 267 Å². The second-order valence-electron chi connectivity index (χ2n) is 20.6. The van der Waals surface area contributed by atoms with Gasteiger partial charge in [-0.05, 0) is 148 Å². The van der Waals surface area contributed by atoms with E-state index in [1.165, 1.54) is 127 Å². The van der Waals surface area contributed by atoms with Crippen LogP contribution in [-0.4, -0.2) is 4.57 Å². The van der Waals surface area contributed by atoms with Crippen molar-refractivity contribution in [3.05, 3.63) is 311 Å². The van der Waals surface area contributed by atoms with Crippen LogP contribution in [0.4, 0.5) is 17.1 Å². The highest BCUT2D eigenvalue weighted by molar-refractivity contribution is 6.13. The summed E-state index contributed by atoms with van der Waals surface area (Å²) in [4.78, 5) is 2.51. The van der Waals surface area contributed by atoms with Crippen LogP contribution in [0.3, 0.4) is 0 Å². The second-order valence-corrected chi connectivity index (χ2v) is 20.6. The summed E-state index contributed by atoms with van der Waals surface area (Å²) in [5.41, 5.74) is 26.9. The van der Waals surface area contributed by atoms with Crippen LogP contribution in [0.5, 0.6) is 0 Å². The lowest BCUT2D eigenvalue weighted by molar-refractivity contribution is 0.748. The number of fused-ring (bicyclic) bond motifs is 23. The molecule has 0 radical (unpaired) electrons. The van der Waals surface area contributed by atoms with Gasteiger partial charge in [0.15, 0.2) is 0 Å². The van der Waals surface area contributed by atoms with Gasteiger partial charge in [-0.2, -0.15) is 0 Å². The van der Waals surface area contributed by atoms with Crippen molar-refractivity contribution in [2.45, 2.75) is 10.8 Å². The zero-order valence-corrected chi connectivity index (χ0v) is 40.3. The quantitative estimate of drug-likeness (QED) is 0.171. The Balaban J connectivity index is 0.919. The van der Waals surface area contributed by atoms with Crippen molar-refractivity contribution in [2.24, 2.45) is 0 Å². The summed E-state index contributed by atoms with van der Waals surface area (Å²) in [6.45, 7) is 0. The van der Waals surface area contributed by atoms with Gasteiger partial charge in [0, 0.05) is 27.8 Å². The fourth-order valence-electron chi connectivity index (χ4n) is 14.6. The van der Waals surface area contributed by atoms with Crippen LogP contribution in [-0.2, 0) is 10.8 Å². The third-order valence-corrected chi connectivity index (χ3v) is 17.4. The summed E-state index contributed by atoms with van der Waals surface area (Å²) < 4.78 is 2.53. The van der Waals surface area contributed by atoms with E-state index in [0.717, 1.165) is 17.1 Å². The van der Waals surface area contributed by atoms with E-state index in [2.05, 4.69) is 276 Å². The molecule has 0 saturated carbocycles. The number of nitrogens with zero attached hydrogens (tertiary/aromatic N) is 2. The molecule has 2 nitrogen and oxygen atoms in total. The van der Waals surface area contributed by atoms with Gasteiger partial charge in [-0.3, -0.25) is 0 Å². The van der Waals surface area contributed by atoms with Gasteiger partial charge in [0.25, 0.3) is 0 Å². The molecule has 342 valence electrons. The minimum absolute atomic E-state index is 0.472. The Bertz CT molecular complexity index is 4500. The predicted molar refractivity (Wildman–Crippen MR) is 306 cm³/mol. The maximum Gasteiger partial charge on any atom is 0.0754 e. The van der Waals surface area contributed by atoms with Crippen molar-refractivity contribution in [1.29, 1.82) is 0 Å². The van der Waals surface area contributed by atoms with Gasteiger partial charge in [0.2, 0.25) is 0 Å². The molecule has 0 fully saturated rings. The van der Waals surface area contributed by atoms with Crippen molar-refractivity contribution in [3.63, 3.8) is 0 Å². The van der Waals surface area contributed by atoms with Gasteiger partial charge in [0.05, 0.1) is 27.6 Å². The summed E-state index contributed by atoms with van der Waals surface area (Å²) in [6, 6.07) is 101. The van der Waals surface area contributed by atoms with Crippen molar-refractivity contribution < 1.29 is 0 Å². The molecule has 12 aromatic carbocycles. The lowest BCUT2D eigenvalue weighted by atomic mass is 9.65. The average Bonchev–Trinajstić information content (AvgIpc) is 4.16. The van der Waals surface area contributed by atoms with Gasteiger partial charge < -0.3 is 9.47 Å². The van der Waals surface area contributed by atoms with Crippen LogP contribution < -0.4 is 4.90 Å². The smallest absolute Gasteiger partial charge is 0.0754 e. The lowest BCUT2D eigenvalue weighted by Crippen LogP contribution is -2.33. The minimum atomic E-state index is -0.537. The van der Waals surface area contributed by atoms with Crippen molar-refractivity contribution in [2.75, 3.05) is 4.90 Å². The van der Waals surface area contributed by atoms with Crippen LogP contribution in [0.25, 0.3) is 82.8 Å². The summed E-state index contributed by atoms with van der Waals surface area (Å²) in [6.07, 6.45) is 0. The molecule has 4 aliphatic rings. The first-order valence-corrected chi connectivity index (χ1v) is 25.9. The number of hydrogen-bond acceptors (Lipinski definition) is 1. The Hall–Kier alpha value is -9.50. The van der Waals surface area contributed by atoms with Gasteiger partial charge >= 0.3 is 0 Å². The number of hydrogen-bond donors (Lipinski definition) is 0. The largest absolute Gasteiger partial charge is 0.310 e. The van der Waals surface area contributed by atoms with Crippen LogP contribution in [0.1, 0.15) is 44.5 Å². The molecule has 0 bridgehead atoms. The molecule has 2 heteroatoms. The van der Waals surface area contributed by atoms with Gasteiger partial charge in [-0.25, -0.2) is 0 Å². The molecule has 2 heterocycles. The third kappa shape index (κ3) is 4.91. The fourth-order valence-corrected chi connectivity index (χ4v) is 14.6. The molecule has 0 amide bonds. The first-order chi connectivity index (χ1) is 36.7. The minimum Gasteiger partial charge on any atom is -0.310 e. The standard InChI is InChI=1S/C72H44N2/c1-2-19-50-45(17-1)18-15-25-51(50)46-35-37-47(38-36-46)73(49-39-41-56-54-22-5-10-29-62(54)71(67(56)44-49)60-27-8-3-20-52(60)53-21-4-9-28-61(53)71)48-40-42-64-59(43-48)55-23-6-11-30-63(55)72(64)65-31-12-14-34-69(65)74-68-33-13-7-24-57(68)58-26-16-32-66(72)70(58)74/h1-44H. The molecule has 0 N–H and O–H groups in total. The number of para-hydroxylation sites is 3. The first-order valence-electron chi connectivity index (χ1n) is 25.9. The Morgan fingerprint density at radius 1 is 0.270 bits per heavy atom. The van der Waals surface area contributed by atoms with Crippen LogP contribution in [0.2, 0.25) is 0 Å². The van der Waals surface area contributed by atoms with Gasteiger partial charge in [0.1, 0.15) is 0 Å². The van der Waals surface area contributed by atoms with Crippen LogP contribution >= 0.6 is 0 Å². The number of anilines is 3. The van der Waals surface area contributed by atoms with E-state index >= 15 is 0 Å². The van der Waals surface area contributed by atoms with E-state index in [0.29, 0.717) is 0 Å². The third-order valence-electron chi connectivity index (χ3n) is 17.4. The molecule has 1 atom stereocenters. The molecule has 1 aliphatic heterocycles. The van der Waals surface area contributed by atoms with E-state index in [-0.39, 0.29) is 0 Å². The van der Waals surface area contributed by atoms with E-state index in [4.69, 9.17) is 0 Å². The maximum atomic E-state index is 2.53. The summed E-state index contributed by atoms with van der Waals surface area (Å²) >= 11 is 0. The molecular formula is C72H44N2. The summed E-state index contributed by atoms with van der Waals surface area (Å²) in [5, 5.41) is 5.07.